The van der Waals surface area contributed by atoms with Crippen molar-refractivity contribution >= 4 is 46.8 Å². The van der Waals surface area contributed by atoms with Gasteiger partial charge in [0.1, 0.15) is 23.1 Å². The van der Waals surface area contributed by atoms with Gasteiger partial charge in [-0.3, -0.25) is 19.2 Å². The predicted octanol–water partition coefficient (Wildman–Crippen LogP) is 6.63. The first kappa shape index (κ1) is 50.6. The Morgan fingerprint density at radius 3 is 2.40 bits per heavy atom. The zero-order chi connectivity index (χ0) is 48.3. The molecule has 5 aromatic rings. The summed E-state index contributed by atoms with van der Waals surface area (Å²) in [6.07, 6.45) is 3.81. The number of methoxy groups -OCH3 is 1. The second-order valence-corrected chi connectivity index (χ2v) is 18.5. The molecule has 2 amide bonds. The Morgan fingerprint density at radius 2 is 1.72 bits per heavy atom. The molecule has 1 fully saturated rings. The van der Waals surface area contributed by atoms with E-state index in [1.54, 1.807) is 54.3 Å². The molecule has 3 N–H and O–H groups in total. The number of nitrogens with one attached hydrogen (secondary N) is 2. The van der Waals surface area contributed by atoms with Crippen molar-refractivity contribution in [2.45, 2.75) is 70.1 Å². The Labute approximate surface area is 401 Å². The molecule has 356 valence electrons. The number of hydrogen-bond acceptors (Lipinski definition) is 10. The van der Waals surface area contributed by atoms with Gasteiger partial charge in [0.05, 0.1) is 54.9 Å². The number of halogens is 2. The standard InChI is InChI=1S/C50H59Cl2N7O8/c1-33(53-28-36-12-17-40(52)26-45(36)67-42-18-13-35(14-19-42)43-29-54-46(57(43)4)30-56(2)3)44(60)24-38(31-66-5)48(63)55-50(27-34-10-15-39(51)16-11-34)20-8-21-58(32-50)49(64)37(25-47(61)62)23-41-9-6-7-22-59(41)65/h6-7,9-19,22,26,29,33,37-38,53H,8,20-21,23-25,27-28,30-32H2,1-5H3,(H,55,63)(H,61,62)/t33-,37+,38-,50+/m0/s1. The number of pyridine rings is 1. The molecule has 0 aliphatic carbocycles. The summed E-state index contributed by atoms with van der Waals surface area (Å²) < 4.78 is 14.5. The van der Waals surface area contributed by atoms with E-state index in [2.05, 4.69) is 25.1 Å². The van der Waals surface area contributed by atoms with Crippen molar-refractivity contribution in [1.82, 2.24) is 30.0 Å². The molecule has 1 aliphatic rings. The summed E-state index contributed by atoms with van der Waals surface area (Å²) in [5.74, 6) is -2.04. The summed E-state index contributed by atoms with van der Waals surface area (Å²) in [6.45, 7) is 3.09. The van der Waals surface area contributed by atoms with Crippen molar-refractivity contribution in [1.29, 1.82) is 0 Å². The van der Waals surface area contributed by atoms with E-state index < -0.39 is 47.6 Å². The first-order valence-corrected chi connectivity index (χ1v) is 23.0. The van der Waals surface area contributed by atoms with Crippen molar-refractivity contribution in [2.75, 3.05) is 40.9 Å². The fraction of sp³-hybridized carbons (Fsp3) is 0.400. The lowest BCUT2D eigenvalue weighted by Crippen LogP contribution is -2.62. The highest BCUT2D eigenvalue weighted by Gasteiger charge is 2.42. The summed E-state index contributed by atoms with van der Waals surface area (Å²) >= 11 is 12.6. The van der Waals surface area contributed by atoms with E-state index in [4.69, 9.17) is 32.7 Å². The van der Waals surface area contributed by atoms with Gasteiger partial charge in [-0.1, -0.05) is 47.5 Å². The SMILES string of the molecule is COC[C@H](CC(=O)[C@H](C)NCc1ccc(Cl)cc1Oc1ccc(-c2cnc(CN(C)C)n2C)cc1)C(=O)N[C@@]1(Cc2ccc(Cl)cc2)CCCN(C(=O)[C@@H](CC(=O)O)Cc2cccc[n+]2[O-])C1. The van der Waals surface area contributed by atoms with Crippen LogP contribution in [-0.2, 0) is 56.9 Å². The number of carboxylic acid groups (broad SMARTS) is 1. The van der Waals surface area contributed by atoms with Crippen molar-refractivity contribution in [3.8, 4) is 22.8 Å². The van der Waals surface area contributed by atoms with Crippen molar-refractivity contribution in [2.24, 2.45) is 18.9 Å². The van der Waals surface area contributed by atoms with Gasteiger partial charge in [-0.15, -0.1) is 0 Å². The number of amides is 2. The second kappa shape index (κ2) is 23.3. The summed E-state index contributed by atoms with van der Waals surface area (Å²) in [5.41, 5.74) is 2.87. The number of carboxylic acids is 1. The summed E-state index contributed by atoms with van der Waals surface area (Å²) in [4.78, 5) is 62.7. The van der Waals surface area contributed by atoms with Crippen LogP contribution in [-0.4, -0.2) is 101 Å². The molecule has 17 heteroatoms. The third-order valence-electron chi connectivity index (χ3n) is 12.1. The maximum absolute atomic E-state index is 14.4. The number of carbonyl (C=O) groups excluding carboxylic acids is 3. The number of nitrogens with zero attached hydrogens (tertiary/aromatic N) is 5. The number of aromatic nitrogens is 3. The lowest BCUT2D eigenvalue weighted by Gasteiger charge is -2.45. The lowest BCUT2D eigenvalue weighted by molar-refractivity contribution is -0.614. The van der Waals surface area contributed by atoms with Crippen LogP contribution in [0.25, 0.3) is 11.3 Å². The minimum atomic E-state index is -1.17. The van der Waals surface area contributed by atoms with Gasteiger partial charge in [-0.05, 0) is 94.4 Å². The van der Waals surface area contributed by atoms with E-state index in [1.807, 2.05) is 69.8 Å². The molecule has 4 atom stereocenters. The van der Waals surface area contributed by atoms with Crippen LogP contribution in [0.15, 0.2) is 97.3 Å². The first-order chi connectivity index (χ1) is 32.0. The fourth-order valence-corrected chi connectivity index (χ4v) is 8.81. The Bertz CT molecular complexity index is 2500. The van der Waals surface area contributed by atoms with Crippen LogP contribution in [0.4, 0.5) is 0 Å². The number of ether oxygens (including phenoxy) is 2. The Hall–Kier alpha value is -5.84. The minimum absolute atomic E-state index is 0.0390. The average molecular weight is 957 g/mol. The number of benzene rings is 3. The smallest absolute Gasteiger partial charge is 0.304 e. The Morgan fingerprint density at radius 1 is 0.985 bits per heavy atom. The molecule has 15 nitrogen and oxygen atoms in total. The quantitative estimate of drug-likeness (QED) is 0.0500. The molecule has 0 saturated carbocycles. The number of rotatable bonds is 22. The fourth-order valence-electron chi connectivity index (χ4n) is 8.52. The van der Waals surface area contributed by atoms with Gasteiger partial charge in [0.25, 0.3) is 0 Å². The molecule has 0 spiro atoms. The molecule has 1 saturated heterocycles. The lowest BCUT2D eigenvalue weighted by atomic mass is 9.81. The number of ketones is 1. The minimum Gasteiger partial charge on any atom is -0.619 e. The van der Waals surface area contributed by atoms with E-state index in [9.17, 15) is 29.5 Å². The molecule has 0 radical (unpaired) electrons. The largest absolute Gasteiger partial charge is 0.619 e. The van der Waals surface area contributed by atoms with Crippen LogP contribution >= 0.6 is 23.2 Å². The molecule has 2 aromatic heterocycles. The molecule has 3 heterocycles. The van der Waals surface area contributed by atoms with E-state index in [0.717, 1.165) is 34.8 Å². The van der Waals surface area contributed by atoms with Crippen molar-refractivity contribution in [3.63, 3.8) is 0 Å². The van der Waals surface area contributed by atoms with Crippen LogP contribution in [0.3, 0.4) is 0 Å². The van der Waals surface area contributed by atoms with E-state index >= 15 is 0 Å². The molecule has 3 aromatic carbocycles. The molecular formula is C50H59Cl2N7O8. The van der Waals surface area contributed by atoms with Crippen molar-refractivity contribution in [3.05, 3.63) is 135 Å². The highest BCUT2D eigenvalue weighted by atomic mass is 35.5. The average Bonchev–Trinajstić information content (AvgIpc) is 3.65. The number of piperidine rings is 1. The third-order valence-corrected chi connectivity index (χ3v) is 12.6. The molecule has 1 aliphatic heterocycles. The van der Waals surface area contributed by atoms with Crippen LogP contribution in [0.5, 0.6) is 11.5 Å². The molecular weight excluding hydrogens is 897 g/mol. The Kier molecular flexibility index (Phi) is 17.5. The zero-order valence-electron chi connectivity index (χ0n) is 38.5. The highest BCUT2D eigenvalue weighted by Crippen LogP contribution is 2.32. The van der Waals surface area contributed by atoms with Gasteiger partial charge in [-0.2, -0.15) is 4.73 Å². The number of hydrogen-bond donors (Lipinski definition) is 3. The second-order valence-electron chi connectivity index (χ2n) is 17.6. The van der Waals surface area contributed by atoms with Gasteiger partial charge < -0.3 is 44.8 Å². The normalized spacial score (nSPS) is 16.3. The predicted molar refractivity (Wildman–Crippen MR) is 256 cm³/mol. The molecule has 0 bridgehead atoms. The van der Waals surface area contributed by atoms with Gasteiger partial charge in [0.15, 0.2) is 11.9 Å². The molecule has 67 heavy (non-hydrogen) atoms. The van der Waals surface area contributed by atoms with Crippen LogP contribution in [0.2, 0.25) is 10.0 Å². The molecule has 0 unspecified atom stereocenters. The van der Waals surface area contributed by atoms with Crippen molar-refractivity contribution < 1.29 is 38.5 Å². The number of imidazole rings is 1. The summed E-state index contributed by atoms with van der Waals surface area (Å²) in [5, 5.41) is 29.9. The Balaban J connectivity index is 1.13. The maximum Gasteiger partial charge on any atom is 0.304 e. The number of carbonyl (C=O) groups is 4. The van der Waals surface area contributed by atoms with E-state index in [1.165, 1.54) is 13.3 Å². The summed E-state index contributed by atoms with van der Waals surface area (Å²) in [6, 6.07) is 24.4. The van der Waals surface area contributed by atoms with Crippen LogP contribution in [0.1, 0.15) is 55.3 Å². The highest BCUT2D eigenvalue weighted by molar-refractivity contribution is 6.31. The maximum atomic E-state index is 14.4. The van der Waals surface area contributed by atoms with E-state index in [-0.39, 0.29) is 44.0 Å². The van der Waals surface area contributed by atoms with Crippen LogP contribution in [0, 0.1) is 17.0 Å². The van der Waals surface area contributed by atoms with E-state index in [0.29, 0.717) is 52.1 Å². The van der Waals surface area contributed by atoms with Gasteiger partial charge in [0, 0.05) is 79.9 Å². The van der Waals surface area contributed by atoms with Crippen LogP contribution < -0.4 is 20.1 Å². The first-order valence-electron chi connectivity index (χ1n) is 22.2. The third kappa shape index (κ3) is 13.9. The zero-order valence-corrected chi connectivity index (χ0v) is 40.1. The van der Waals surface area contributed by atoms with Gasteiger partial charge in [0.2, 0.25) is 11.8 Å². The van der Waals surface area contributed by atoms with Gasteiger partial charge in [-0.25, -0.2) is 4.98 Å². The number of Topliss-reactive ketones (excluding diaryl/α,β-unsaturated/α-hetero) is 1. The molecule has 6 rings (SSSR count). The topological polar surface area (TPSA) is 182 Å². The number of likely N-dealkylation sites (tertiary alicyclic amines) is 1. The van der Waals surface area contributed by atoms with Gasteiger partial charge >= 0.3 is 5.97 Å². The monoisotopic (exact) mass is 955 g/mol. The summed E-state index contributed by atoms with van der Waals surface area (Å²) in [7, 11) is 7.47. The number of aliphatic carboxylic acids is 1.